The van der Waals surface area contributed by atoms with E-state index in [9.17, 15) is 53.6 Å². The van der Waals surface area contributed by atoms with Gasteiger partial charge in [0.25, 0.3) is 11.8 Å². The van der Waals surface area contributed by atoms with E-state index in [2.05, 4.69) is 25.3 Å². The number of carbonyl (C=O) groups excluding carboxylic acids is 4. The number of amides is 4. The molecule has 0 spiro atoms. The summed E-state index contributed by atoms with van der Waals surface area (Å²) in [5.74, 6) is -8.35. The quantitative estimate of drug-likeness (QED) is 0.00920. The summed E-state index contributed by atoms with van der Waals surface area (Å²) in [7, 11) is -7.66. The highest BCUT2D eigenvalue weighted by molar-refractivity contribution is 7.91. The van der Waals surface area contributed by atoms with Gasteiger partial charge < -0.3 is 71.5 Å². The van der Waals surface area contributed by atoms with Gasteiger partial charge >= 0.3 is 6.03 Å². The van der Waals surface area contributed by atoms with Crippen LogP contribution in [0.2, 0.25) is 0 Å². The summed E-state index contributed by atoms with van der Waals surface area (Å²) in [5, 5.41) is 5.46. The number of nitrogens with zero attached hydrogens (tertiary/aromatic N) is 2. The molecule has 0 unspecified atom stereocenters. The molecule has 4 aromatic rings. The maximum atomic E-state index is 14.8. The van der Waals surface area contributed by atoms with Gasteiger partial charge in [-0.05, 0) is 136 Å². The van der Waals surface area contributed by atoms with E-state index < -0.39 is 78.4 Å². The zero-order valence-electron chi connectivity index (χ0n) is 49.9. The van der Waals surface area contributed by atoms with Crippen LogP contribution in [0, 0.1) is 23.3 Å². The molecule has 0 atom stereocenters. The van der Waals surface area contributed by atoms with Gasteiger partial charge in [0, 0.05) is 56.8 Å². The number of ether oxygens (including phenoxy) is 8. The van der Waals surface area contributed by atoms with Gasteiger partial charge in [0.15, 0.2) is 56.5 Å². The SMILES string of the molecule is C/C(=C\c1cc(F)c(Oc2ccc(S(=O)(=O)CCCOCCOCCOCCCC(=O)CCCCCNC(=O)NCCOCCOCCOCCNS(=O)(=O)c3ccc(Oc4c(F)cc(/C=C(\C)C(=O)N=C(N)N)cc4F)cc3)cc2)c(F)c1)C(=O)N=C(N)N. The first kappa shape index (κ1) is 74.6. The maximum Gasteiger partial charge on any atom is 0.314 e. The van der Waals surface area contributed by atoms with E-state index in [0.29, 0.717) is 58.5 Å². The second kappa shape index (κ2) is 40.0. The molecule has 0 aliphatic heterocycles. The zero-order chi connectivity index (χ0) is 65.9. The van der Waals surface area contributed by atoms with E-state index in [-0.39, 0.29) is 140 Å². The standard InChI is InChI=1S/C59H77F4N9O16S2/c1-40(55(74)71-57(64)65)34-42-36-49(60)53(50(61)37-42)87-45-10-14-47(15-11-45)89(77,78)33-7-22-82-26-30-85-29-25-81-21-6-9-44(73)8-4-3-5-18-68-59(76)69-19-23-83-27-31-86-32-28-84-24-20-70-90(79,80)48-16-12-46(13-17-48)88-54-51(62)38-43(39-52(54)63)35-41(2)56(75)72-58(66)67/h10-17,34-39,70H,3-9,18-33H2,1-2H3,(H2,68,69,76)(H4,64,65,71,74)(H4,66,67,72,75)/b40-34+,41-35+. The van der Waals surface area contributed by atoms with Gasteiger partial charge in [-0.25, -0.2) is 43.9 Å². The Morgan fingerprint density at radius 1 is 0.478 bits per heavy atom. The van der Waals surface area contributed by atoms with Crippen LogP contribution in [0.5, 0.6) is 23.0 Å². The van der Waals surface area contributed by atoms with Crippen LogP contribution in [0.25, 0.3) is 12.2 Å². The number of benzene rings is 4. The summed E-state index contributed by atoms with van der Waals surface area (Å²) < 4.78 is 156. The fourth-order valence-corrected chi connectivity index (χ4v) is 10.00. The van der Waals surface area contributed by atoms with Crippen LogP contribution in [0.3, 0.4) is 0 Å². The molecular weight excluding hydrogens is 1230 g/mol. The molecule has 4 rings (SSSR count). The van der Waals surface area contributed by atoms with Crippen LogP contribution >= 0.6 is 0 Å². The van der Waals surface area contributed by atoms with Crippen molar-refractivity contribution in [3.63, 3.8) is 0 Å². The van der Waals surface area contributed by atoms with Crippen molar-refractivity contribution in [1.29, 1.82) is 0 Å². The molecule has 0 bridgehead atoms. The number of urea groups is 1. The summed E-state index contributed by atoms with van der Waals surface area (Å²) in [5.41, 5.74) is 20.8. The molecule has 0 aliphatic carbocycles. The molecule has 11 N–H and O–H groups in total. The second-order valence-electron chi connectivity index (χ2n) is 19.5. The third kappa shape index (κ3) is 29.2. The molecule has 4 amide bonds. The Kier molecular flexibility index (Phi) is 33.1. The number of rotatable bonds is 43. The topological polar surface area (TPSA) is 375 Å². The van der Waals surface area contributed by atoms with E-state index in [1.807, 2.05) is 0 Å². The number of carbonyl (C=O) groups is 4. The number of sulfonamides is 1. The summed E-state index contributed by atoms with van der Waals surface area (Å²) in [6.45, 7) is 6.39. The highest BCUT2D eigenvalue weighted by atomic mass is 32.2. The fourth-order valence-electron chi connectivity index (χ4n) is 7.70. The van der Waals surface area contributed by atoms with Crippen LogP contribution in [0.15, 0.2) is 104 Å². The highest BCUT2D eigenvalue weighted by Gasteiger charge is 2.20. The van der Waals surface area contributed by atoms with Crippen LogP contribution in [0.4, 0.5) is 22.4 Å². The van der Waals surface area contributed by atoms with Crippen molar-refractivity contribution in [3.8, 4) is 23.0 Å². The molecule has 494 valence electrons. The average molecular weight is 1310 g/mol. The minimum Gasteiger partial charge on any atom is -0.451 e. The number of halogens is 4. The van der Waals surface area contributed by atoms with Gasteiger partial charge in [0.1, 0.15) is 17.3 Å². The van der Waals surface area contributed by atoms with Gasteiger partial charge in [0.2, 0.25) is 10.0 Å². The third-order valence-corrected chi connectivity index (χ3v) is 15.4. The smallest absolute Gasteiger partial charge is 0.314 e. The first-order valence-electron chi connectivity index (χ1n) is 28.3. The summed E-state index contributed by atoms with van der Waals surface area (Å²) >= 11 is 0. The number of Topliss-reactive ketones (excluding diaryl/α,β-unsaturated/α-hetero) is 1. The first-order chi connectivity index (χ1) is 42.9. The Morgan fingerprint density at radius 3 is 1.32 bits per heavy atom. The normalized spacial score (nSPS) is 11.9. The number of aliphatic imine (C=N–C) groups is 2. The molecule has 0 heterocycles. The van der Waals surface area contributed by atoms with E-state index in [1.165, 1.54) is 74.5 Å². The van der Waals surface area contributed by atoms with Gasteiger partial charge in [-0.2, -0.15) is 9.98 Å². The predicted molar refractivity (Wildman–Crippen MR) is 326 cm³/mol. The minimum absolute atomic E-state index is 0.00984. The lowest BCUT2D eigenvalue weighted by atomic mass is 10.1. The Labute approximate surface area is 519 Å². The molecule has 31 heteroatoms. The second-order valence-corrected chi connectivity index (χ2v) is 23.4. The summed E-state index contributed by atoms with van der Waals surface area (Å²) in [4.78, 5) is 54.8. The number of unbranched alkanes of at least 4 members (excludes halogenated alkanes) is 2. The number of hydrogen-bond donors (Lipinski definition) is 7. The van der Waals surface area contributed by atoms with Crippen LogP contribution in [-0.2, 0) is 62.7 Å². The van der Waals surface area contributed by atoms with Gasteiger partial charge in [0.05, 0.1) is 81.6 Å². The van der Waals surface area contributed by atoms with Crippen LogP contribution in [-0.4, -0.2) is 157 Å². The molecule has 0 radical (unpaired) electrons. The predicted octanol–water partition coefficient (Wildman–Crippen LogP) is 5.69. The number of guanidine groups is 2. The van der Waals surface area contributed by atoms with Gasteiger partial charge in [-0.3, -0.25) is 14.4 Å². The van der Waals surface area contributed by atoms with E-state index in [1.54, 1.807) is 0 Å². The van der Waals surface area contributed by atoms with Crippen LogP contribution < -0.4 is 47.8 Å². The molecule has 0 fully saturated rings. The summed E-state index contributed by atoms with van der Waals surface area (Å²) in [6.07, 6.45) is 6.19. The molecule has 0 saturated carbocycles. The molecule has 4 aromatic carbocycles. The van der Waals surface area contributed by atoms with Crippen molar-refractivity contribution in [1.82, 2.24) is 15.4 Å². The summed E-state index contributed by atoms with van der Waals surface area (Å²) in [6, 6.07) is 13.4. The zero-order valence-corrected chi connectivity index (χ0v) is 51.5. The third-order valence-electron chi connectivity index (χ3n) is 12.1. The minimum atomic E-state index is -3.95. The molecule has 90 heavy (non-hydrogen) atoms. The van der Waals surface area contributed by atoms with Crippen LogP contribution in [0.1, 0.15) is 69.9 Å². The Hall–Kier alpha value is -7.88. The number of hydrogen-bond acceptors (Lipinski definition) is 16. The maximum absolute atomic E-state index is 14.8. The average Bonchev–Trinajstić information content (AvgIpc) is 1.12. The van der Waals surface area contributed by atoms with Crippen molar-refractivity contribution >= 4 is 67.6 Å². The number of sulfone groups is 1. The van der Waals surface area contributed by atoms with E-state index in [0.717, 1.165) is 30.7 Å². The lowest BCUT2D eigenvalue weighted by Crippen LogP contribution is -2.37. The number of nitrogens with one attached hydrogen (secondary N) is 3. The highest BCUT2D eigenvalue weighted by Crippen LogP contribution is 2.32. The molecule has 0 aromatic heterocycles. The Bertz CT molecular complexity index is 3070. The fraction of sp³-hybridized carbons (Fsp3) is 0.424. The van der Waals surface area contributed by atoms with E-state index >= 15 is 0 Å². The first-order valence-corrected chi connectivity index (χ1v) is 31.5. The Morgan fingerprint density at radius 2 is 0.867 bits per heavy atom. The number of ketones is 1. The molecule has 0 aliphatic rings. The number of nitrogens with two attached hydrogens (primary N) is 4. The van der Waals surface area contributed by atoms with Crippen molar-refractivity contribution < 1.29 is 91.5 Å². The van der Waals surface area contributed by atoms with Crippen molar-refractivity contribution in [3.05, 3.63) is 118 Å². The van der Waals surface area contributed by atoms with Gasteiger partial charge in [-0.15, -0.1) is 0 Å². The van der Waals surface area contributed by atoms with Crippen molar-refractivity contribution in [2.45, 2.75) is 68.6 Å². The van der Waals surface area contributed by atoms with E-state index in [4.69, 9.17) is 60.8 Å². The lowest BCUT2D eigenvalue weighted by molar-refractivity contribution is -0.119. The molecular formula is C59H77F4N9O16S2. The molecule has 0 saturated heterocycles. The largest absolute Gasteiger partial charge is 0.451 e. The van der Waals surface area contributed by atoms with Gasteiger partial charge in [-0.1, -0.05) is 6.42 Å². The lowest BCUT2D eigenvalue weighted by Gasteiger charge is -2.11. The molecule has 25 nitrogen and oxygen atoms in total. The van der Waals surface area contributed by atoms with Crippen molar-refractivity contribution in [2.75, 3.05) is 105 Å². The van der Waals surface area contributed by atoms with Crippen molar-refractivity contribution in [2.24, 2.45) is 32.9 Å². The Balaban J connectivity index is 0.892. The monoisotopic (exact) mass is 1310 g/mol.